The van der Waals surface area contributed by atoms with Crippen molar-refractivity contribution in [3.05, 3.63) is 36.2 Å². The van der Waals surface area contributed by atoms with E-state index in [-0.39, 0.29) is 0 Å². The van der Waals surface area contributed by atoms with Crippen molar-refractivity contribution >= 4 is 0 Å². The van der Waals surface area contributed by atoms with E-state index >= 15 is 0 Å². The van der Waals surface area contributed by atoms with Crippen molar-refractivity contribution in [2.45, 2.75) is 46.2 Å². The molecule has 1 rings (SSSR count). The smallest absolute Gasteiger partial charge is 0.127 e. The number of nitrogens with one attached hydrogen (secondary N) is 1. The van der Waals surface area contributed by atoms with Crippen LogP contribution in [0.25, 0.3) is 0 Å². The molecule has 0 amide bonds. The van der Waals surface area contributed by atoms with Crippen molar-refractivity contribution in [2.24, 2.45) is 0 Å². The highest BCUT2D eigenvalue weighted by molar-refractivity contribution is 5.32. The molecule has 1 heterocycles. The van der Waals surface area contributed by atoms with Crippen LogP contribution in [0.1, 0.15) is 37.9 Å². The van der Waals surface area contributed by atoms with Crippen LogP contribution in [-0.4, -0.2) is 17.6 Å². The average Bonchev–Trinajstić information content (AvgIpc) is 2.33. The maximum atomic E-state index is 5.82. The van der Waals surface area contributed by atoms with Gasteiger partial charge in [0.15, 0.2) is 0 Å². The fraction of sp³-hybridized carbons (Fsp3) is 0.533. The third kappa shape index (κ3) is 5.32. The zero-order valence-corrected chi connectivity index (χ0v) is 11.7. The standard InChI is InChI=1S/C15H24N2O/c1-5-6-7-8-18-15-9-13(4)17-11-14(15)10-16-12(2)3/h5,9,11-12,16H,1,6-8,10H2,2-4H3. The van der Waals surface area contributed by atoms with E-state index in [0.717, 1.165) is 43.0 Å². The van der Waals surface area contributed by atoms with Gasteiger partial charge in [-0.3, -0.25) is 4.98 Å². The summed E-state index contributed by atoms with van der Waals surface area (Å²) < 4.78 is 5.82. The van der Waals surface area contributed by atoms with E-state index in [2.05, 4.69) is 30.7 Å². The molecule has 1 aromatic rings. The summed E-state index contributed by atoms with van der Waals surface area (Å²) in [5.41, 5.74) is 2.11. The van der Waals surface area contributed by atoms with E-state index in [4.69, 9.17) is 4.74 Å². The number of aryl methyl sites for hydroxylation is 1. The van der Waals surface area contributed by atoms with Gasteiger partial charge < -0.3 is 10.1 Å². The van der Waals surface area contributed by atoms with Crippen molar-refractivity contribution < 1.29 is 4.74 Å². The zero-order valence-electron chi connectivity index (χ0n) is 11.7. The monoisotopic (exact) mass is 248 g/mol. The summed E-state index contributed by atoms with van der Waals surface area (Å²) in [5.74, 6) is 0.944. The first-order chi connectivity index (χ1) is 8.63. The molecule has 0 aliphatic carbocycles. The molecular formula is C15H24N2O. The largest absolute Gasteiger partial charge is 0.493 e. The van der Waals surface area contributed by atoms with Crippen LogP contribution >= 0.6 is 0 Å². The van der Waals surface area contributed by atoms with Crippen LogP contribution in [0.4, 0.5) is 0 Å². The Labute approximate surface area is 110 Å². The predicted molar refractivity (Wildman–Crippen MR) is 75.9 cm³/mol. The normalized spacial score (nSPS) is 10.7. The van der Waals surface area contributed by atoms with Crippen LogP contribution in [0.15, 0.2) is 24.9 Å². The zero-order chi connectivity index (χ0) is 13.4. The van der Waals surface area contributed by atoms with Gasteiger partial charge in [-0.25, -0.2) is 0 Å². The lowest BCUT2D eigenvalue weighted by Crippen LogP contribution is -2.22. The van der Waals surface area contributed by atoms with Gasteiger partial charge in [-0.15, -0.1) is 6.58 Å². The molecule has 0 spiro atoms. The molecule has 100 valence electrons. The van der Waals surface area contributed by atoms with Crippen LogP contribution in [0.5, 0.6) is 5.75 Å². The lowest BCUT2D eigenvalue weighted by Gasteiger charge is -2.13. The molecule has 0 radical (unpaired) electrons. The minimum absolute atomic E-state index is 0.458. The van der Waals surface area contributed by atoms with Crippen molar-refractivity contribution in [1.29, 1.82) is 0 Å². The number of pyridine rings is 1. The van der Waals surface area contributed by atoms with Gasteiger partial charge in [-0.2, -0.15) is 0 Å². The number of rotatable bonds is 8. The van der Waals surface area contributed by atoms with Crippen LogP contribution in [-0.2, 0) is 6.54 Å². The summed E-state index contributed by atoms with van der Waals surface area (Å²) in [6.07, 6.45) is 5.81. The minimum Gasteiger partial charge on any atom is -0.493 e. The van der Waals surface area contributed by atoms with Crippen molar-refractivity contribution in [1.82, 2.24) is 10.3 Å². The summed E-state index contributed by atoms with van der Waals surface area (Å²) in [6, 6.07) is 2.46. The van der Waals surface area contributed by atoms with E-state index in [0.29, 0.717) is 6.04 Å². The topological polar surface area (TPSA) is 34.1 Å². The van der Waals surface area contributed by atoms with E-state index < -0.39 is 0 Å². The molecule has 0 saturated heterocycles. The van der Waals surface area contributed by atoms with Crippen LogP contribution in [0, 0.1) is 6.92 Å². The summed E-state index contributed by atoms with van der Waals surface area (Å²) in [5, 5.41) is 3.39. The van der Waals surface area contributed by atoms with Crippen LogP contribution < -0.4 is 10.1 Å². The van der Waals surface area contributed by atoms with Crippen molar-refractivity contribution in [3.63, 3.8) is 0 Å². The predicted octanol–water partition coefficient (Wildman–Crippen LogP) is 3.23. The highest BCUT2D eigenvalue weighted by Crippen LogP contribution is 2.19. The second kappa shape index (κ2) is 7.88. The molecule has 3 nitrogen and oxygen atoms in total. The highest BCUT2D eigenvalue weighted by Gasteiger charge is 2.05. The minimum atomic E-state index is 0.458. The summed E-state index contributed by atoms with van der Waals surface area (Å²) in [4.78, 5) is 4.33. The number of hydrogen-bond acceptors (Lipinski definition) is 3. The van der Waals surface area contributed by atoms with E-state index in [9.17, 15) is 0 Å². The Kier molecular flexibility index (Phi) is 6.44. The Morgan fingerprint density at radius 1 is 1.50 bits per heavy atom. The average molecular weight is 248 g/mol. The molecule has 0 bridgehead atoms. The SMILES string of the molecule is C=CCCCOc1cc(C)ncc1CNC(C)C. The first-order valence-electron chi connectivity index (χ1n) is 6.56. The number of aromatic nitrogens is 1. The quantitative estimate of drug-likeness (QED) is 0.566. The molecule has 0 atom stereocenters. The number of hydrogen-bond donors (Lipinski definition) is 1. The molecule has 0 aliphatic rings. The maximum absolute atomic E-state index is 5.82. The molecule has 18 heavy (non-hydrogen) atoms. The van der Waals surface area contributed by atoms with Gasteiger partial charge in [0.25, 0.3) is 0 Å². The second-order valence-corrected chi connectivity index (χ2v) is 4.75. The summed E-state index contributed by atoms with van der Waals surface area (Å²) in [6.45, 7) is 11.5. The number of unbranched alkanes of at least 4 members (excludes halogenated alkanes) is 1. The Hall–Kier alpha value is -1.35. The van der Waals surface area contributed by atoms with Crippen molar-refractivity contribution in [2.75, 3.05) is 6.61 Å². The fourth-order valence-electron chi connectivity index (χ4n) is 1.55. The first kappa shape index (κ1) is 14.7. The Bertz CT molecular complexity index is 375. The highest BCUT2D eigenvalue weighted by atomic mass is 16.5. The van der Waals surface area contributed by atoms with Gasteiger partial charge in [0.2, 0.25) is 0 Å². The van der Waals surface area contributed by atoms with E-state index in [1.807, 2.05) is 25.3 Å². The van der Waals surface area contributed by atoms with Gasteiger partial charge >= 0.3 is 0 Å². The molecule has 0 fully saturated rings. The van der Waals surface area contributed by atoms with E-state index in [1.54, 1.807) is 0 Å². The Balaban J connectivity index is 2.61. The van der Waals surface area contributed by atoms with Gasteiger partial charge in [0, 0.05) is 36.1 Å². The van der Waals surface area contributed by atoms with Gasteiger partial charge in [-0.1, -0.05) is 19.9 Å². The van der Waals surface area contributed by atoms with Crippen molar-refractivity contribution in [3.8, 4) is 5.75 Å². The molecule has 1 aromatic heterocycles. The lowest BCUT2D eigenvalue weighted by atomic mass is 10.2. The summed E-state index contributed by atoms with van der Waals surface area (Å²) in [7, 11) is 0. The Morgan fingerprint density at radius 3 is 2.94 bits per heavy atom. The Morgan fingerprint density at radius 2 is 2.28 bits per heavy atom. The van der Waals surface area contributed by atoms with E-state index in [1.165, 1.54) is 0 Å². The van der Waals surface area contributed by atoms with Crippen LogP contribution in [0.2, 0.25) is 0 Å². The molecule has 3 heteroatoms. The molecule has 0 unspecified atom stereocenters. The summed E-state index contributed by atoms with van der Waals surface area (Å²) >= 11 is 0. The molecule has 0 aliphatic heterocycles. The van der Waals surface area contributed by atoms with Gasteiger partial charge in [-0.05, 0) is 19.8 Å². The molecule has 1 N–H and O–H groups in total. The second-order valence-electron chi connectivity index (χ2n) is 4.75. The van der Waals surface area contributed by atoms with Crippen LogP contribution in [0.3, 0.4) is 0 Å². The third-order valence-corrected chi connectivity index (χ3v) is 2.59. The molecule has 0 aromatic carbocycles. The van der Waals surface area contributed by atoms with Gasteiger partial charge in [0.1, 0.15) is 5.75 Å². The molecule has 0 saturated carbocycles. The number of nitrogens with zero attached hydrogens (tertiary/aromatic N) is 1. The number of ether oxygens (including phenoxy) is 1. The fourth-order valence-corrected chi connectivity index (χ4v) is 1.55. The third-order valence-electron chi connectivity index (χ3n) is 2.59. The number of allylic oxidation sites excluding steroid dienone is 1. The first-order valence-corrected chi connectivity index (χ1v) is 6.56. The lowest BCUT2D eigenvalue weighted by molar-refractivity contribution is 0.307. The molecular weight excluding hydrogens is 224 g/mol. The van der Waals surface area contributed by atoms with Gasteiger partial charge in [0.05, 0.1) is 6.61 Å². The maximum Gasteiger partial charge on any atom is 0.127 e.